The Bertz CT molecular complexity index is 312. The van der Waals surface area contributed by atoms with Crippen molar-refractivity contribution in [3.8, 4) is 0 Å². The lowest BCUT2D eigenvalue weighted by molar-refractivity contribution is 0.516. The summed E-state index contributed by atoms with van der Waals surface area (Å²) in [6, 6.07) is 4.24. The van der Waals surface area contributed by atoms with Crippen molar-refractivity contribution in [2.24, 2.45) is 5.73 Å². The molecule has 0 aliphatic carbocycles. The molecule has 14 heavy (non-hydrogen) atoms. The first kappa shape index (κ1) is 11.1. The highest BCUT2D eigenvalue weighted by Gasteiger charge is 2.12. The molecule has 1 aromatic carbocycles. The summed E-state index contributed by atoms with van der Waals surface area (Å²) in [6.45, 7) is 8.15. The minimum atomic E-state index is -0.158. The summed E-state index contributed by atoms with van der Waals surface area (Å²) in [5, 5.41) is 0. The van der Waals surface area contributed by atoms with E-state index in [9.17, 15) is 0 Å². The summed E-state index contributed by atoms with van der Waals surface area (Å²) in [5.41, 5.74) is 16.1. The molecule has 0 fully saturated rings. The lowest BCUT2D eigenvalue weighted by atomic mass is 9.93. The van der Waals surface area contributed by atoms with Gasteiger partial charge < -0.3 is 11.5 Å². The van der Waals surface area contributed by atoms with Gasteiger partial charge in [0.25, 0.3) is 0 Å². The summed E-state index contributed by atoms with van der Waals surface area (Å²) in [4.78, 5) is 0. The maximum Gasteiger partial charge on any atom is 0.0373 e. The quantitative estimate of drug-likeness (QED) is 0.705. The van der Waals surface area contributed by atoms with Crippen molar-refractivity contribution < 1.29 is 0 Å². The molecule has 78 valence electrons. The van der Waals surface area contributed by atoms with Crippen LogP contribution in [0.4, 0.5) is 5.69 Å². The zero-order valence-electron chi connectivity index (χ0n) is 9.52. The molecule has 0 atom stereocenters. The third-order valence-corrected chi connectivity index (χ3v) is 2.31. The molecule has 0 aromatic heterocycles. The molecular formula is C12H20N2. The molecule has 2 nitrogen and oxygen atoms in total. The SMILES string of the molecule is Cc1cc(CC(C)(C)N)cc(C)c1N. The van der Waals surface area contributed by atoms with Gasteiger partial charge in [-0.1, -0.05) is 12.1 Å². The van der Waals surface area contributed by atoms with Crippen molar-refractivity contribution in [1.29, 1.82) is 0 Å². The molecule has 2 heteroatoms. The second-order valence-corrected chi connectivity index (χ2v) is 4.81. The van der Waals surface area contributed by atoms with Gasteiger partial charge in [-0.15, -0.1) is 0 Å². The van der Waals surface area contributed by atoms with Gasteiger partial charge >= 0.3 is 0 Å². The minimum Gasteiger partial charge on any atom is -0.398 e. The fraction of sp³-hybridized carbons (Fsp3) is 0.500. The van der Waals surface area contributed by atoms with Crippen LogP contribution in [0.5, 0.6) is 0 Å². The van der Waals surface area contributed by atoms with E-state index in [0.717, 1.165) is 23.2 Å². The van der Waals surface area contributed by atoms with Crippen molar-refractivity contribution >= 4 is 5.69 Å². The number of aryl methyl sites for hydroxylation is 2. The normalized spacial score (nSPS) is 11.8. The van der Waals surface area contributed by atoms with E-state index in [2.05, 4.69) is 12.1 Å². The van der Waals surface area contributed by atoms with Gasteiger partial charge in [-0.3, -0.25) is 0 Å². The predicted molar refractivity (Wildman–Crippen MR) is 62.3 cm³/mol. The number of nitrogen functional groups attached to an aromatic ring is 1. The molecule has 0 radical (unpaired) electrons. The van der Waals surface area contributed by atoms with E-state index in [0.29, 0.717) is 0 Å². The first-order chi connectivity index (χ1) is 6.29. The van der Waals surface area contributed by atoms with Crippen LogP contribution in [0, 0.1) is 13.8 Å². The van der Waals surface area contributed by atoms with Gasteiger partial charge in [0.1, 0.15) is 0 Å². The van der Waals surface area contributed by atoms with Crippen LogP contribution >= 0.6 is 0 Å². The second kappa shape index (κ2) is 3.62. The van der Waals surface area contributed by atoms with Gasteiger partial charge in [-0.25, -0.2) is 0 Å². The van der Waals surface area contributed by atoms with Crippen LogP contribution in [0.1, 0.15) is 30.5 Å². The molecule has 0 heterocycles. The highest BCUT2D eigenvalue weighted by atomic mass is 14.7. The molecule has 0 saturated heterocycles. The van der Waals surface area contributed by atoms with E-state index in [4.69, 9.17) is 11.5 Å². The summed E-state index contributed by atoms with van der Waals surface area (Å²) >= 11 is 0. The predicted octanol–water partition coefficient (Wildman–Crippen LogP) is 2.17. The van der Waals surface area contributed by atoms with Crippen LogP contribution in [0.3, 0.4) is 0 Å². The van der Waals surface area contributed by atoms with Crippen LogP contribution in [-0.4, -0.2) is 5.54 Å². The van der Waals surface area contributed by atoms with Gasteiger partial charge in [-0.2, -0.15) is 0 Å². The van der Waals surface area contributed by atoms with Crippen molar-refractivity contribution in [1.82, 2.24) is 0 Å². The first-order valence-corrected chi connectivity index (χ1v) is 4.94. The van der Waals surface area contributed by atoms with E-state index < -0.39 is 0 Å². The maximum absolute atomic E-state index is 5.97. The molecule has 0 unspecified atom stereocenters. The number of hydrogen-bond donors (Lipinski definition) is 2. The molecule has 1 aromatic rings. The molecule has 0 aliphatic rings. The number of anilines is 1. The highest BCUT2D eigenvalue weighted by molar-refractivity contribution is 5.54. The average molecular weight is 192 g/mol. The zero-order valence-corrected chi connectivity index (χ0v) is 9.52. The lowest BCUT2D eigenvalue weighted by Gasteiger charge is -2.19. The maximum atomic E-state index is 5.97. The van der Waals surface area contributed by atoms with Crippen LogP contribution in [0.15, 0.2) is 12.1 Å². The molecule has 0 bridgehead atoms. The second-order valence-electron chi connectivity index (χ2n) is 4.81. The Morgan fingerprint density at radius 1 is 1.14 bits per heavy atom. The highest BCUT2D eigenvalue weighted by Crippen LogP contribution is 2.20. The average Bonchev–Trinajstić information content (AvgIpc) is 1.96. The first-order valence-electron chi connectivity index (χ1n) is 4.94. The summed E-state index contributed by atoms with van der Waals surface area (Å²) in [5.74, 6) is 0. The number of nitrogens with two attached hydrogens (primary N) is 2. The van der Waals surface area contributed by atoms with Gasteiger partial charge in [0, 0.05) is 11.2 Å². The molecule has 0 saturated carbocycles. The molecule has 1 rings (SSSR count). The Kier molecular flexibility index (Phi) is 2.86. The Morgan fingerprint density at radius 3 is 1.93 bits per heavy atom. The monoisotopic (exact) mass is 192 g/mol. The topological polar surface area (TPSA) is 52.0 Å². The number of rotatable bonds is 2. The van der Waals surface area contributed by atoms with Crippen molar-refractivity contribution in [2.75, 3.05) is 5.73 Å². The molecule has 0 amide bonds. The van der Waals surface area contributed by atoms with Gasteiger partial charge in [-0.05, 0) is 50.8 Å². The van der Waals surface area contributed by atoms with Crippen molar-refractivity contribution in [3.63, 3.8) is 0 Å². The fourth-order valence-electron chi connectivity index (χ4n) is 1.69. The minimum absolute atomic E-state index is 0.158. The third kappa shape index (κ3) is 2.74. The van der Waals surface area contributed by atoms with Crippen molar-refractivity contribution in [3.05, 3.63) is 28.8 Å². The molecule has 0 aliphatic heterocycles. The third-order valence-electron chi connectivity index (χ3n) is 2.31. The Labute approximate surface area is 86.3 Å². The fourth-order valence-corrected chi connectivity index (χ4v) is 1.69. The largest absolute Gasteiger partial charge is 0.398 e. The summed E-state index contributed by atoms with van der Waals surface area (Å²) < 4.78 is 0. The Balaban J connectivity index is 3.02. The van der Waals surface area contributed by atoms with Gasteiger partial charge in [0.15, 0.2) is 0 Å². The van der Waals surface area contributed by atoms with Crippen LogP contribution in [-0.2, 0) is 6.42 Å². The molecule has 4 N–H and O–H groups in total. The van der Waals surface area contributed by atoms with Crippen LogP contribution < -0.4 is 11.5 Å². The van der Waals surface area contributed by atoms with Crippen molar-refractivity contribution in [2.45, 2.75) is 39.7 Å². The number of benzene rings is 1. The smallest absolute Gasteiger partial charge is 0.0373 e. The Hall–Kier alpha value is -1.02. The summed E-state index contributed by atoms with van der Waals surface area (Å²) in [7, 11) is 0. The van der Waals surface area contributed by atoms with E-state index >= 15 is 0 Å². The standard InChI is InChI=1S/C12H20N2/c1-8-5-10(7-12(3,4)14)6-9(2)11(8)13/h5-6H,7,13-14H2,1-4H3. The lowest BCUT2D eigenvalue weighted by Crippen LogP contribution is -2.34. The zero-order chi connectivity index (χ0) is 10.9. The van der Waals surface area contributed by atoms with Crippen LogP contribution in [0.25, 0.3) is 0 Å². The van der Waals surface area contributed by atoms with Crippen LogP contribution in [0.2, 0.25) is 0 Å². The molecular weight excluding hydrogens is 172 g/mol. The van der Waals surface area contributed by atoms with Gasteiger partial charge in [0.2, 0.25) is 0 Å². The van der Waals surface area contributed by atoms with E-state index in [1.165, 1.54) is 5.56 Å². The van der Waals surface area contributed by atoms with E-state index in [1.54, 1.807) is 0 Å². The summed E-state index contributed by atoms with van der Waals surface area (Å²) in [6.07, 6.45) is 0.884. The molecule has 0 spiro atoms. The Morgan fingerprint density at radius 2 is 1.57 bits per heavy atom. The van der Waals surface area contributed by atoms with E-state index in [-0.39, 0.29) is 5.54 Å². The van der Waals surface area contributed by atoms with Gasteiger partial charge in [0.05, 0.1) is 0 Å². The number of hydrogen-bond acceptors (Lipinski definition) is 2. The van der Waals surface area contributed by atoms with E-state index in [1.807, 2.05) is 27.7 Å².